The first-order chi connectivity index (χ1) is 13.8. The minimum Gasteiger partial charge on any atom is -0.481 e. The number of aryl methyl sites for hydroxylation is 1. The third kappa shape index (κ3) is 3.33. The molecule has 13 heteroatoms. The number of nitrogens with zero attached hydrogens (tertiary/aromatic N) is 6. The monoisotopic (exact) mass is 437 g/mol. The number of carbonyl (C=O) groups excluding carboxylic acids is 2. The third-order valence-corrected chi connectivity index (χ3v) is 7.47. The number of nitrogens with one attached hydrogen (secondary N) is 1. The number of thiophene rings is 1. The smallest absolute Gasteiger partial charge is 0.314 e. The van der Waals surface area contributed by atoms with Crippen molar-refractivity contribution in [3.05, 3.63) is 17.5 Å². The number of β-lactam (4-membered cyclic amide) rings is 1. The van der Waals surface area contributed by atoms with Crippen LogP contribution in [0.1, 0.15) is 6.92 Å². The van der Waals surface area contributed by atoms with Crippen LogP contribution in [0.3, 0.4) is 0 Å². The molecule has 2 aromatic heterocycles. The Morgan fingerprint density at radius 1 is 1.48 bits per heavy atom. The summed E-state index contributed by atoms with van der Waals surface area (Å²) < 4.78 is 0. The summed E-state index contributed by atoms with van der Waals surface area (Å²) in [4.78, 5) is 41.5. The summed E-state index contributed by atoms with van der Waals surface area (Å²) in [5.41, 5.74) is -1.19. The summed E-state index contributed by atoms with van der Waals surface area (Å²) in [5, 5.41) is 26.6. The topological polar surface area (TPSA) is 134 Å². The molecule has 0 radical (unpaired) electrons. The molecule has 0 saturated carbocycles. The minimum absolute atomic E-state index is 0.0543. The van der Waals surface area contributed by atoms with Crippen LogP contribution in [0, 0.1) is 5.41 Å². The number of carboxylic acids is 1. The van der Waals surface area contributed by atoms with E-state index in [1.165, 1.54) is 39.7 Å². The number of rotatable bonds is 6. The van der Waals surface area contributed by atoms with Crippen LogP contribution in [-0.4, -0.2) is 78.3 Å². The Hall–Kier alpha value is -2.67. The molecule has 4 rings (SSSR count). The first-order valence-corrected chi connectivity index (χ1v) is 10.7. The van der Waals surface area contributed by atoms with E-state index in [1.54, 1.807) is 18.0 Å². The molecule has 2 aromatic rings. The van der Waals surface area contributed by atoms with Gasteiger partial charge in [-0.2, -0.15) is 4.80 Å². The molecular weight excluding hydrogens is 418 g/mol. The van der Waals surface area contributed by atoms with E-state index in [2.05, 4.69) is 20.7 Å². The number of hydrogen-bond acceptors (Lipinski definition) is 9. The Labute approximate surface area is 174 Å². The second-order valence-electron chi connectivity index (χ2n) is 6.99. The van der Waals surface area contributed by atoms with Crippen molar-refractivity contribution in [2.75, 3.05) is 29.1 Å². The zero-order valence-corrected chi connectivity index (χ0v) is 17.3. The molecule has 2 N–H and O–H groups in total. The van der Waals surface area contributed by atoms with Gasteiger partial charge in [-0.25, -0.2) is 0 Å². The van der Waals surface area contributed by atoms with Crippen molar-refractivity contribution in [3.8, 4) is 0 Å². The van der Waals surface area contributed by atoms with Crippen LogP contribution in [0.4, 0.5) is 10.9 Å². The zero-order chi connectivity index (χ0) is 20.8. The Bertz CT molecular complexity index is 949. The molecule has 2 saturated heterocycles. The lowest BCUT2D eigenvalue weighted by atomic mass is 9.86. The highest BCUT2D eigenvalue weighted by Crippen LogP contribution is 2.45. The molecule has 2 unspecified atom stereocenters. The van der Waals surface area contributed by atoms with E-state index in [-0.39, 0.29) is 42.0 Å². The second-order valence-corrected chi connectivity index (χ2v) is 9.03. The van der Waals surface area contributed by atoms with Crippen LogP contribution in [0.25, 0.3) is 0 Å². The van der Waals surface area contributed by atoms with Crippen molar-refractivity contribution in [3.63, 3.8) is 0 Å². The van der Waals surface area contributed by atoms with E-state index < -0.39 is 17.4 Å². The highest BCUT2D eigenvalue weighted by Gasteiger charge is 2.59. The molecule has 11 nitrogen and oxygen atoms in total. The van der Waals surface area contributed by atoms with Crippen LogP contribution < -0.4 is 10.2 Å². The van der Waals surface area contributed by atoms with Crippen molar-refractivity contribution in [1.82, 2.24) is 25.1 Å². The summed E-state index contributed by atoms with van der Waals surface area (Å²) in [6.07, 6.45) is 0. The van der Waals surface area contributed by atoms with Crippen LogP contribution in [0.15, 0.2) is 17.5 Å². The molecular formula is C16H19N7O4S2. The van der Waals surface area contributed by atoms with Gasteiger partial charge in [-0.3, -0.25) is 19.3 Å². The van der Waals surface area contributed by atoms with E-state index in [1.807, 2.05) is 11.4 Å². The van der Waals surface area contributed by atoms with Crippen molar-refractivity contribution >= 4 is 51.8 Å². The zero-order valence-electron chi connectivity index (χ0n) is 15.7. The predicted octanol–water partition coefficient (Wildman–Crippen LogP) is 0.0913. The fraction of sp³-hybridized carbons (Fsp3) is 0.500. The summed E-state index contributed by atoms with van der Waals surface area (Å²) >= 11 is 2.77. The number of aromatic nitrogens is 4. The molecule has 0 spiro atoms. The largest absolute Gasteiger partial charge is 0.481 e. The maximum atomic E-state index is 12.9. The van der Waals surface area contributed by atoms with E-state index in [4.69, 9.17) is 0 Å². The molecule has 3 atom stereocenters. The highest BCUT2D eigenvalue weighted by atomic mass is 32.2. The Kier molecular flexibility index (Phi) is 4.94. The van der Waals surface area contributed by atoms with Gasteiger partial charge in [0.2, 0.25) is 11.8 Å². The molecule has 2 aliphatic heterocycles. The summed E-state index contributed by atoms with van der Waals surface area (Å²) in [5.74, 6) is -0.937. The number of anilines is 2. The highest BCUT2D eigenvalue weighted by molar-refractivity contribution is 8.00. The molecule has 4 heterocycles. The number of aliphatic carboxylic acids is 1. The maximum Gasteiger partial charge on any atom is 0.314 e. The molecule has 0 bridgehead atoms. The van der Waals surface area contributed by atoms with Gasteiger partial charge in [0, 0.05) is 25.8 Å². The van der Waals surface area contributed by atoms with Crippen LogP contribution in [0.2, 0.25) is 0 Å². The molecule has 0 aromatic carbocycles. The van der Waals surface area contributed by atoms with Gasteiger partial charge in [0.1, 0.15) is 16.8 Å². The Balaban J connectivity index is 1.50. The average molecular weight is 438 g/mol. The normalized spacial score (nSPS) is 25.9. The fourth-order valence-corrected chi connectivity index (χ4v) is 5.91. The van der Waals surface area contributed by atoms with Gasteiger partial charge in [-0.1, -0.05) is 5.10 Å². The van der Waals surface area contributed by atoms with Crippen molar-refractivity contribution in [2.24, 2.45) is 12.5 Å². The number of amides is 2. The number of hydrogen-bond donors (Lipinski definition) is 2. The van der Waals surface area contributed by atoms with Gasteiger partial charge >= 0.3 is 5.97 Å². The summed E-state index contributed by atoms with van der Waals surface area (Å²) in [6, 6.07) is 3.01. The quantitative estimate of drug-likeness (QED) is 0.603. The van der Waals surface area contributed by atoms with Gasteiger partial charge in [-0.05, 0) is 22.7 Å². The third-order valence-electron chi connectivity index (χ3n) is 5.02. The lowest BCUT2D eigenvalue weighted by Crippen LogP contribution is -2.75. The van der Waals surface area contributed by atoms with Gasteiger partial charge in [0.05, 0.1) is 12.0 Å². The van der Waals surface area contributed by atoms with E-state index in [0.717, 1.165) is 0 Å². The number of fused-ring (bicyclic) bond motifs is 1. The standard InChI is InChI=1S/C16H19N7O4S2/c1-9(24)23(10-4-3-5-28-10)11-12(25)22-7-16(14(26)27,8-29-13(11)22)6-17-15-18-20-21(2)19-15/h3-5,11,13H,6-8H2,1-2H3,(H,17,19)(H,26,27)/t11?,13-,16?/m1/s1. The molecule has 0 aliphatic carbocycles. The van der Waals surface area contributed by atoms with Crippen LogP contribution in [0.5, 0.6) is 0 Å². The van der Waals surface area contributed by atoms with Gasteiger partial charge in [0.25, 0.3) is 5.95 Å². The second kappa shape index (κ2) is 7.30. The number of thioether (sulfide) groups is 1. The number of tetrazole rings is 1. The maximum absolute atomic E-state index is 12.9. The lowest BCUT2D eigenvalue weighted by molar-refractivity contribution is -0.156. The minimum atomic E-state index is -1.19. The Morgan fingerprint density at radius 3 is 2.86 bits per heavy atom. The predicted molar refractivity (Wildman–Crippen MR) is 107 cm³/mol. The number of carboxylic acid groups (broad SMARTS) is 1. The van der Waals surface area contributed by atoms with Crippen molar-refractivity contribution in [1.29, 1.82) is 0 Å². The molecule has 29 heavy (non-hydrogen) atoms. The summed E-state index contributed by atoms with van der Waals surface area (Å²) in [7, 11) is 1.61. The van der Waals surface area contributed by atoms with Gasteiger partial charge in [0.15, 0.2) is 0 Å². The summed E-state index contributed by atoms with van der Waals surface area (Å²) in [6.45, 7) is 1.55. The van der Waals surface area contributed by atoms with E-state index in [9.17, 15) is 19.5 Å². The average Bonchev–Trinajstić information content (AvgIpc) is 3.35. The molecule has 2 amide bonds. The molecule has 2 aliphatic rings. The van der Waals surface area contributed by atoms with Crippen molar-refractivity contribution in [2.45, 2.75) is 18.3 Å². The molecule has 154 valence electrons. The van der Waals surface area contributed by atoms with Crippen molar-refractivity contribution < 1.29 is 19.5 Å². The first kappa shape index (κ1) is 19.6. The van der Waals surface area contributed by atoms with E-state index >= 15 is 0 Å². The van der Waals surface area contributed by atoms with Gasteiger partial charge in [-0.15, -0.1) is 28.2 Å². The van der Waals surface area contributed by atoms with Gasteiger partial charge < -0.3 is 15.3 Å². The van der Waals surface area contributed by atoms with E-state index in [0.29, 0.717) is 5.00 Å². The van der Waals surface area contributed by atoms with Crippen LogP contribution >= 0.6 is 23.1 Å². The Morgan fingerprint density at radius 2 is 2.28 bits per heavy atom. The fourth-order valence-electron chi connectivity index (χ4n) is 3.52. The molecule has 2 fully saturated rings. The SMILES string of the molecule is CC(=O)N(c1cccs1)C1C(=O)N2CC(CNc3nnn(C)n3)(C(=O)O)CS[C@H]12. The lowest BCUT2D eigenvalue weighted by Gasteiger charge is -2.55. The van der Waals surface area contributed by atoms with Crippen LogP contribution in [-0.2, 0) is 21.4 Å². The first-order valence-electron chi connectivity index (χ1n) is 8.79. The number of carbonyl (C=O) groups is 3.